The first-order valence-electron chi connectivity index (χ1n) is 5.44. The minimum Gasteiger partial charge on any atom is -0.481 e. The summed E-state index contributed by atoms with van der Waals surface area (Å²) in [5.74, 6) is -3.61. The maximum absolute atomic E-state index is 12.9. The zero-order chi connectivity index (χ0) is 14.4. The molecule has 1 aromatic rings. The number of benzene rings is 1. The number of rotatable bonds is 6. The van der Waals surface area contributed by atoms with Crippen molar-refractivity contribution in [3.8, 4) is 0 Å². The number of aliphatic carboxylic acids is 1. The van der Waals surface area contributed by atoms with Crippen molar-refractivity contribution in [1.29, 1.82) is 0 Å². The molecule has 0 aliphatic carbocycles. The monoisotopic (exact) mass is 269 g/mol. The van der Waals surface area contributed by atoms with E-state index in [1.54, 1.807) is 0 Å². The summed E-state index contributed by atoms with van der Waals surface area (Å²) < 4.78 is 12.9. The summed E-state index contributed by atoms with van der Waals surface area (Å²) in [7, 11) is 0. The largest absolute Gasteiger partial charge is 0.481 e. The molecule has 0 bridgehead atoms. The van der Waals surface area contributed by atoms with Crippen LogP contribution in [0.25, 0.3) is 0 Å². The zero-order valence-corrected chi connectivity index (χ0v) is 9.85. The quantitative estimate of drug-likeness (QED) is 0.729. The molecule has 0 unspecified atom stereocenters. The molecule has 3 N–H and O–H groups in total. The van der Waals surface area contributed by atoms with Gasteiger partial charge in [0.2, 0.25) is 5.91 Å². The molecule has 1 aromatic carbocycles. The van der Waals surface area contributed by atoms with Crippen LogP contribution in [0.3, 0.4) is 0 Å². The van der Waals surface area contributed by atoms with Gasteiger partial charge in [-0.25, -0.2) is 9.18 Å². The summed E-state index contributed by atoms with van der Waals surface area (Å²) in [6.07, 6.45) is -0.0594. The van der Waals surface area contributed by atoms with Crippen LogP contribution in [0.5, 0.6) is 0 Å². The van der Waals surface area contributed by atoms with E-state index in [0.717, 1.165) is 18.2 Å². The van der Waals surface area contributed by atoms with E-state index in [0.29, 0.717) is 0 Å². The van der Waals surface area contributed by atoms with Crippen LogP contribution in [0, 0.1) is 5.82 Å². The Morgan fingerprint density at radius 3 is 2.42 bits per heavy atom. The third-order valence-corrected chi connectivity index (χ3v) is 2.28. The lowest BCUT2D eigenvalue weighted by Gasteiger charge is -2.08. The molecule has 0 radical (unpaired) electrons. The number of nitrogens with one attached hydrogen (secondary N) is 1. The van der Waals surface area contributed by atoms with E-state index in [-0.39, 0.29) is 30.5 Å². The molecule has 1 amide bonds. The van der Waals surface area contributed by atoms with Gasteiger partial charge in [0.1, 0.15) is 5.82 Å². The molecular formula is C12H12FNO5. The lowest BCUT2D eigenvalue weighted by molar-refractivity contribution is -0.137. The van der Waals surface area contributed by atoms with Gasteiger partial charge in [-0.15, -0.1) is 0 Å². The van der Waals surface area contributed by atoms with Gasteiger partial charge in [0.25, 0.3) is 0 Å². The molecule has 0 saturated heterocycles. The second kappa shape index (κ2) is 6.48. The van der Waals surface area contributed by atoms with E-state index in [4.69, 9.17) is 10.2 Å². The van der Waals surface area contributed by atoms with E-state index in [2.05, 4.69) is 5.32 Å². The number of aromatic carboxylic acids is 1. The van der Waals surface area contributed by atoms with Crippen molar-refractivity contribution in [1.82, 2.24) is 0 Å². The molecule has 0 aliphatic rings. The summed E-state index contributed by atoms with van der Waals surface area (Å²) in [4.78, 5) is 32.6. The number of anilines is 1. The predicted octanol–water partition coefficient (Wildman–Crippen LogP) is 1.72. The van der Waals surface area contributed by atoms with Crippen LogP contribution in [-0.4, -0.2) is 28.1 Å². The molecule has 0 spiro atoms. The highest BCUT2D eigenvalue weighted by Gasteiger charge is 2.13. The van der Waals surface area contributed by atoms with Crippen molar-refractivity contribution < 1.29 is 29.0 Å². The first-order valence-corrected chi connectivity index (χ1v) is 5.44. The van der Waals surface area contributed by atoms with Crippen molar-refractivity contribution in [2.75, 3.05) is 5.32 Å². The van der Waals surface area contributed by atoms with E-state index in [9.17, 15) is 18.8 Å². The van der Waals surface area contributed by atoms with Crippen LogP contribution in [0.4, 0.5) is 10.1 Å². The molecule has 0 aliphatic heterocycles. The summed E-state index contributed by atoms with van der Waals surface area (Å²) in [5, 5.41) is 19.6. The fourth-order valence-corrected chi connectivity index (χ4v) is 1.42. The van der Waals surface area contributed by atoms with Crippen LogP contribution in [0.15, 0.2) is 18.2 Å². The fraction of sp³-hybridized carbons (Fsp3) is 0.250. The minimum absolute atomic E-state index is 0.0192. The number of carboxylic acids is 2. The van der Waals surface area contributed by atoms with Gasteiger partial charge in [-0.1, -0.05) is 0 Å². The lowest BCUT2D eigenvalue weighted by Crippen LogP contribution is -2.15. The van der Waals surface area contributed by atoms with Crippen molar-refractivity contribution >= 4 is 23.5 Å². The number of carbonyl (C=O) groups excluding carboxylic acids is 1. The summed E-state index contributed by atoms with van der Waals surface area (Å²) in [6.45, 7) is 0. The third kappa shape index (κ3) is 4.74. The van der Waals surface area contributed by atoms with E-state index < -0.39 is 23.7 Å². The summed E-state index contributed by atoms with van der Waals surface area (Å²) >= 11 is 0. The van der Waals surface area contributed by atoms with Gasteiger partial charge in [0, 0.05) is 12.8 Å². The number of carbonyl (C=O) groups is 3. The minimum atomic E-state index is -1.36. The average molecular weight is 269 g/mol. The van der Waals surface area contributed by atoms with Crippen LogP contribution in [0.2, 0.25) is 0 Å². The molecule has 7 heteroatoms. The molecule has 6 nitrogen and oxygen atoms in total. The van der Waals surface area contributed by atoms with E-state index >= 15 is 0 Å². The van der Waals surface area contributed by atoms with Gasteiger partial charge in [-0.2, -0.15) is 0 Å². The van der Waals surface area contributed by atoms with Gasteiger partial charge in [-0.05, 0) is 24.6 Å². The normalized spacial score (nSPS) is 9.95. The van der Waals surface area contributed by atoms with Crippen molar-refractivity contribution in [3.05, 3.63) is 29.6 Å². The molecule has 102 valence electrons. The second-order valence-corrected chi connectivity index (χ2v) is 3.79. The highest BCUT2D eigenvalue weighted by atomic mass is 19.1. The first-order chi connectivity index (χ1) is 8.90. The van der Waals surface area contributed by atoms with Crippen molar-refractivity contribution in [2.24, 2.45) is 0 Å². The average Bonchev–Trinajstić information content (AvgIpc) is 2.30. The summed E-state index contributed by atoms with van der Waals surface area (Å²) in [6, 6.07) is 2.97. The third-order valence-electron chi connectivity index (χ3n) is 2.28. The molecule has 0 aromatic heterocycles. The maximum atomic E-state index is 12.9. The zero-order valence-electron chi connectivity index (χ0n) is 9.85. The topological polar surface area (TPSA) is 104 Å². The molecule has 0 fully saturated rings. The van der Waals surface area contributed by atoms with Gasteiger partial charge in [-0.3, -0.25) is 9.59 Å². The number of halogens is 1. The highest BCUT2D eigenvalue weighted by Crippen LogP contribution is 2.17. The Kier molecular flexibility index (Phi) is 4.99. The maximum Gasteiger partial charge on any atom is 0.337 e. The Morgan fingerprint density at radius 1 is 1.16 bits per heavy atom. The Labute approximate surface area is 107 Å². The van der Waals surface area contributed by atoms with E-state index in [1.807, 2.05) is 0 Å². The van der Waals surface area contributed by atoms with Gasteiger partial charge in [0.15, 0.2) is 0 Å². The smallest absolute Gasteiger partial charge is 0.337 e. The van der Waals surface area contributed by atoms with Crippen LogP contribution < -0.4 is 5.32 Å². The summed E-state index contributed by atoms with van der Waals surface area (Å²) in [5.41, 5.74) is -0.374. The molecule has 0 heterocycles. The fourth-order valence-electron chi connectivity index (χ4n) is 1.42. The van der Waals surface area contributed by atoms with Crippen molar-refractivity contribution in [3.63, 3.8) is 0 Å². The molecule has 19 heavy (non-hydrogen) atoms. The highest BCUT2D eigenvalue weighted by molar-refractivity contribution is 6.00. The number of hydrogen-bond acceptors (Lipinski definition) is 3. The standard InChI is InChI=1S/C12H12FNO5/c13-7-4-5-9(8(6-7)12(18)19)14-10(15)2-1-3-11(16)17/h4-6H,1-3H2,(H,14,15)(H,16,17)(H,18,19). The number of carboxylic acid groups (broad SMARTS) is 2. The van der Waals surface area contributed by atoms with Gasteiger partial charge in [0.05, 0.1) is 11.3 Å². The molecule has 0 atom stereocenters. The Morgan fingerprint density at radius 2 is 1.84 bits per heavy atom. The SMILES string of the molecule is O=C(O)CCCC(=O)Nc1ccc(F)cc1C(=O)O. The second-order valence-electron chi connectivity index (χ2n) is 3.79. The number of amides is 1. The van der Waals surface area contributed by atoms with Gasteiger partial charge < -0.3 is 15.5 Å². The number of hydrogen-bond donors (Lipinski definition) is 3. The first kappa shape index (κ1) is 14.6. The van der Waals surface area contributed by atoms with Crippen LogP contribution >= 0.6 is 0 Å². The molecule has 0 saturated carbocycles. The Hall–Kier alpha value is -2.44. The Balaban J connectivity index is 2.68. The van der Waals surface area contributed by atoms with E-state index in [1.165, 1.54) is 0 Å². The molecular weight excluding hydrogens is 257 g/mol. The molecule has 1 rings (SSSR count). The predicted molar refractivity (Wildman–Crippen MR) is 63.5 cm³/mol. The Bertz CT molecular complexity index is 515. The lowest BCUT2D eigenvalue weighted by atomic mass is 10.1. The van der Waals surface area contributed by atoms with Crippen LogP contribution in [-0.2, 0) is 9.59 Å². The van der Waals surface area contributed by atoms with Crippen molar-refractivity contribution in [2.45, 2.75) is 19.3 Å². The van der Waals surface area contributed by atoms with Gasteiger partial charge >= 0.3 is 11.9 Å². The van der Waals surface area contributed by atoms with Crippen LogP contribution in [0.1, 0.15) is 29.6 Å².